The number of hydrogen-bond donors (Lipinski definition) is 2. The number of rotatable bonds is 4. The molecule has 2 N–H and O–H groups in total. The van der Waals surface area contributed by atoms with Crippen molar-refractivity contribution in [2.24, 2.45) is 0 Å². The second kappa shape index (κ2) is 8.38. The Kier molecular flexibility index (Phi) is 5.77. The maximum Gasteiger partial charge on any atom is 0.410 e. The van der Waals surface area contributed by atoms with Gasteiger partial charge in [-0.05, 0) is 30.7 Å². The van der Waals surface area contributed by atoms with Crippen LogP contribution in [0.15, 0.2) is 48.5 Å². The molecular weight excluding hydrogens is 445 g/mol. The van der Waals surface area contributed by atoms with Crippen molar-refractivity contribution >= 4 is 29.0 Å². The largest absolute Gasteiger partial charge is 0.495 e. The van der Waals surface area contributed by atoms with Crippen LogP contribution in [0.4, 0.5) is 24.7 Å². The number of hydrogen-bond acceptors (Lipinski definition) is 4. The van der Waals surface area contributed by atoms with Gasteiger partial charge in [0.1, 0.15) is 11.6 Å². The number of aryl methyl sites for hydroxylation is 1. The minimum atomic E-state index is -4.53. The van der Waals surface area contributed by atoms with E-state index >= 15 is 0 Å². The number of alkyl halides is 3. The smallest absolute Gasteiger partial charge is 0.410 e. The van der Waals surface area contributed by atoms with Crippen LogP contribution >= 0.6 is 11.6 Å². The fraction of sp³-hybridized carbons (Fsp3) is 0.273. The highest BCUT2D eigenvalue weighted by atomic mass is 35.5. The first-order chi connectivity index (χ1) is 15.2. The zero-order valence-electron chi connectivity index (χ0n) is 17.2. The second-order valence-corrected chi connectivity index (χ2v) is 8.00. The lowest BCUT2D eigenvalue weighted by molar-refractivity contribution is -0.173. The number of nitrogens with one attached hydrogen (secondary N) is 2. The molecule has 1 aliphatic rings. The van der Waals surface area contributed by atoms with E-state index in [-0.39, 0.29) is 23.6 Å². The molecule has 0 spiro atoms. The maximum atomic E-state index is 13.9. The maximum absolute atomic E-state index is 13.9. The van der Waals surface area contributed by atoms with Gasteiger partial charge in [0.15, 0.2) is 11.7 Å². The van der Waals surface area contributed by atoms with Crippen LogP contribution in [0.25, 0.3) is 0 Å². The molecule has 0 saturated carbocycles. The van der Waals surface area contributed by atoms with E-state index < -0.39 is 24.2 Å². The number of carbonyl (C=O) groups excluding carboxylic acids is 1. The van der Waals surface area contributed by atoms with Crippen molar-refractivity contribution in [3.8, 4) is 5.75 Å². The van der Waals surface area contributed by atoms with Gasteiger partial charge in [-0.15, -0.1) is 0 Å². The molecule has 1 aromatic heterocycles. The molecule has 2 atom stereocenters. The van der Waals surface area contributed by atoms with Gasteiger partial charge in [0.25, 0.3) is 5.91 Å². The molecule has 10 heteroatoms. The highest BCUT2D eigenvalue weighted by Crippen LogP contribution is 2.43. The Labute approximate surface area is 187 Å². The second-order valence-electron chi connectivity index (χ2n) is 7.56. The van der Waals surface area contributed by atoms with Crippen LogP contribution in [0.2, 0.25) is 5.02 Å². The summed E-state index contributed by atoms with van der Waals surface area (Å²) < 4.78 is 47.6. The number of fused-ring (bicyclic) bond motifs is 1. The first-order valence-corrected chi connectivity index (χ1v) is 10.2. The van der Waals surface area contributed by atoms with E-state index in [0.717, 1.165) is 15.8 Å². The number of halogens is 4. The van der Waals surface area contributed by atoms with Crippen molar-refractivity contribution in [1.29, 1.82) is 0 Å². The number of aromatic nitrogens is 2. The number of carbonyl (C=O) groups is 1. The van der Waals surface area contributed by atoms with Crippen LogP contribution in [0, 0.1) is 6.92 Å². The van der Waals surface area contributed by atoms with Crippen molar-refractivity contribution in [3.63, 3.8) is 0 Å². The SMILES string of the molecule is COc1ccc(Cl)cc1NC(=O)c1cc2n(n1)C(C(F)(F)F)CC(c1ccc(C)cc1)N2. The zero-order valence-corrected chi connectivity index (χ0v) is 18.0. The zero-order chi connectivity index (χ0) is 23.0. The molecular formula is C22H20ClF3N4O2. The minimum Gasteiger partial charge on any atom is -0.495 e. The van der Waals surface area contributed by atoms with E-state index in [1.165, 1.54) is 19.2 Å². The van der Waals surface area contributed by atoms with Gasteiger partial charge in [0.05, 0.1) is 18.8 Å². The number of ether oxygens (including phenoxy) is 1. The van der Waals surface area contributed by atoms with Crippen molar-refractivity contribution in [2.45, 2.75) is 31.6 Å². The highest BCUT2D eigenvalue weighted by molar-refractivity contribution is 6.31. The van der Waals surface area contributed by atoms with Gasteiger partial charge in [-0.2, -0.15) is 18.3 Å². The molecule has 168 valence electrons. The summed E-state index contributed by atoms with van der Waals surface area (Å²) in [7, 11) is 1.43. The summed E-state index contributed by atoms with van der Waals surface area (Å²) in [4.78, 5) is 12.8. The lowest BCUT2D eigenvalue weighted by Crippen LogP contribution is -2.35. The molecule has 2 aromatic carbocycles. The summed E-state index contributed by atoms with van der Waals surface area (Å²) >= 11 is 5.98. The summed E-state index contributed by atoms with van der Waals surface area (Å²) in [5.41, 5.74) is 1.87. The van der Waals surface area contributed by atoms with E-state index in [1.807, 2.05) is 19.1 Å². The van der Waals surface area contributed by atoms with Crippen LogP contribution in [0.1, 0.15) is 40.1 Å². The van der Waals surface area contributed by atoms with Gasteiger partial charge in [0.2, 0.25) is 0 Å². The Balaban J connectivity index is 1.65. The Morgan fingerprint density at radius 2 is 1.94 bits per heavy atom. The number of methoxy groups -OCH3 is 1. The molecule has 4 rings (SSSR count). The Bertz CT molecular complexity index is 1150. The molecule has 0 saturated heterocycles. The molecule has 0 radical (unpaired) electrons. The van der Waals surface area contributed by atoms with Crippen molar-refractivity contribution < 1.29 is 22.7 Å². The molecule has 3 aromatic rings. The van der Waals surface area contributed by atoms with Crippen LogP contribution in [-0.2, 0) is 0 Å². The summed E-state index contributed by atoms with van der Waals surface area (Å²) in [6.45, 7) is 1.91. The fourth-order valence-corrected chi connectivity index (χ4v) is 3.84. The topological polar surface area (TPSA) is 68.2 Å². The molecule has 0 aliphatic carbocycles. The van der Waals surface area contributed by atoms with Crippen molar-refractivity contribution in [1.82, 2.24) is 9.78 Å². The van der Waals surface area contributed by atoms with E-state index in [4.69, 9.17) is 16.3 Å². The normalized spacial score (nSPS) is 17.9. The third kappa shape index (κ3) is 4.38. The Morgan fingerprint density at radius 1 is 1.22 bits per heavy atom. The molecule has 6 nitrogen and oxygen atoms in total. The third-order valence-electron chi connectivity index (χ3n) is 5.31. The molecule has 0 bridgehead atoms. The Morgan fingerprint density at radius 3 is 2.59 bits per heavy atom. The average Bonchev–Trinajstić information content (AvgIpc) is 3.17. The number of anilines is 2. The average molecular weight is 465 g/mol. The van der Waals surface area contributed by atoms with E-state index in [2.05, 4.69) is 15.7 Å². The number of amides is 1. The van der Waals surface area contributed by atoms with Gasteiger partial charge < -0.3 is 15.4 Å². The molecule has 0 fully saturated rings. The summed E-state index contributed by atoms with van der Waals surface area (Å²) in [6.07, 6.45) is -4.78. The summed E-state index contributed by atoms with van der Waals surface area (Å²) in [5, 5.41) is 10.0. The van der Waals surface area contributed by atoms with Gasteiger partial charge >= 0.3 is 6.18 Å². The predicted octanol–water partition coefficient (Wildman–Crippen LogP) is 5.77. The molecule has 1 aliphatic heterocycles. The van der Waals surface area contributed by atoms with Gasteiger partial charge in [-0.25, -0.2) is 4.68 Å². The van der Waals surface area contributed by atoms with Gasteiger partial charge in [0, 0.05) is 17.5 Å². The standard InChI is InChI=1S/C22H20ClF3N4O2/c1-12-3-5-13(6-4-12)15-10-19(22(24,25)26)30-20(27-15)11-17(29-30)21(31)28-16-9-14(23)7-8-18(16)32-2/h3-9,11,15,19,27H,10H2,1-2H3,(H,28,31). The predicted molar refractivity (Wildman–Crippen MR) is 115 cm³/mol. The van der Waals surface area contributed by atoms with E-state index in [9.17, 15) is 18.0 Å². The fourth-order valence-electron chi connectivity index (χ4n) is 3.67. The van der Waals surface area contributed by atoms with Crippen molar-refractivity contribution in [2.75, 3.05) is 17.7 Å². The monoisotopic (exact) mass is 464 g/mol. The first-order valence-electron chi connectivity index (χ1n) is 9.80. The molecule has 2 unspecified atom stereocenters. The van der Waals surface area contributed by atoms with Gasteiger partial charge in [-0.3, -0.25) is 4.79 Å². The van der Waals surface area contributed by atoms with Crippen LogP contribution in [-0.4, -0.2) is 29.0 Å². The van der Waals surface area contributed by atoms with Crippen LogP contribution < -0.4 is 15.4 Å². The quantitative estimate of drug-likeness (QED) is 0.514. The van der Waals surface area contributed by atoms with E-state index in [1.54, 1.807) is 24.3 Å². The minimum absolute atomic E-state index is 0.118. The highest BCUT2D eigenvalue weighted by Gasteiger charge is 2.46. The molecule has 32 heavy (non-hydrogen) atoms. The third-order valence-corrected chi connectivity index (χ3v) is 5.55. The van der Waals surface area contributed by atoms with Gasteiger partial charge in [-0.1, -0.05) is 41.4 Å². The molecule has 2 heterocycles. The number of nitrogens with zero attached hydrogens (tertiary/aromatic N) is 2. The summed E-state index contributed by atoms with van der Waals surface area (Å²) in [6, 6.07) is 10.8. The lowest BCUT2D eigenvalue weighted by atomic mass is 9.96. The summed E-state index contributed by atoms with van der Waals surface area (Å²) in [5.74, 6) is -0.202. The van der Waals surface area contributed by atoms with E-state index in [0.29, 0.717) is 10.8 Å². The van der Waals surface area contributed by atoms with Crippen LogP contribution in [0.3, 0.4) is 0 Å². The Hall–Kier alpha value is -3.20. The first kappa shape index (κ1) is 22.0. The molecule has 1 amide bonds. The number of benzene rings is 2. The van der Waals surface area contributed by atoms with Crippen LogP contribution in [0.5, 0.6) is 5.75 Å². The van der Waals surface area contributed by atoms with Crippen molar-refractivity contribution in [3.05, 3.63) is 70.4 Å². The lowest BCUT2D eigenvalue weighted by Gasteiger charge is -2.33.